The van der Waals surface area contributed by atoms with Gasteiger partial charge in [-0.3, -0.25) is 4.90 Å². The van der Waals surface area contributed by atoms with Crippen molar-refractivity contribution in [2.45, 2.75) is 38.8 Å². The van der Waals surface area contributed by atoms with Crippen LogP contribution in [-0.2, 0) is 27.6 Å². The molecule has 0 saturated heterocycles. The summed E-state index contributed by atoms with van der Waals surface area (Å²) in [6, 6.07) is 0.340. The van der Waals surface area contributed by atoms with E-state index in [-0.39, 0.29) is 18.2 Å². The first kappa shape index (κ1) is 25.5. The Hall–Kier alpha value is -1.52. The molecule has 0 aliphatic heterocycles. The van der Waals surface area contributed by atoms with Gasteiger partial charge in [0, 0.05) is 38.5 Å². The Bertz CT molecular complexity index is 534. The third kappa shape index (κ3) is 9.29. The molecule has 8 nitrogen and oxygen atoms in total. The van der Waals surface area contributed by atoms with Crippen LogP contribution in [0.2, 0.25) is 6.04 Å². The Kier molecular flexibility index (Phi) is 12.1. The SMILES string of the molecule is CO[Si](CCCC=C(C)C(=O)OCC(C=C(C)C(=O)O)N(C)C)(OC)OC. The molecule has 0 aromatic heterocycles. The third-order valence-electron chi connectivity index (χ3n) is 4.22. The summed E-state index contributed by atoms with van der Waals surface area (Å²) in [6.45, 7) is 3.28. The lowest BCUT2D eigenvalue weighted by molar-refractivity contribution is -0.140. The van der Waals surface area contributed by atoms with Crippen LogP contribution in [0.3, 0.4) is 0 Å². The number of hydrogen-bond acceptors (Lipinski definition) is 7. The van der Waals surface area contributed by atoms with Gasteiger partial charge in [-0.15, -0.1) is 0 Å². The Morgan fingerprint density at radius 3 is 2.07 bits per heavy atom. The molecule has 0 spiro atoms. The predicted octanol–water partition coefficient (Wildman–Crippen LogP) is 2.10. The summed E-state index contributed by atoms with van der Waals surface area (Å²) in [5.74, 6) is -1.41. The van der Waals surface area contributed by atoms with E-state index in [1.165, 1.54) is 6.92 Å². The Morgan fingerprint density at radius 2 is 1.63 bits per heavy atom. The van der Waals surface area contributed by atoms with Gasteiger partial charge in [0.05, 0.1) is 6.04 Å². The van der Waals surface area contributed by atoms with Gasteiger partial charge >= 0.3 is 20.7 Å². The topological polar surface area (TPSA) is 94.5 Å². The van der Waals surface area contributed by atoms with Crippen molar-refractivity contribution in [3.8, 4) is 0 Å². The average molecular weight is 404 g/mol. The normalized spacial score (nSPS) is 14.4. The van der Waals surface area contributed by atoms with E-state index in [9.17, 15) is 9.59 Å². The Balaban J connectivity index is 4.61. The second-order valence-corrected chi connectivity index (χ2v) is 9.45. The Labute approximate surface area is 163 Å². The van der Waals surface area contributed by atoms with Gasteiger partial charge in [0.2, 0.25) is 0 Å². The number of carboxylic acids is 1. The number of ether oxygens (including phenoxy) is 1. The molecule has 0 radical (unpaired) electrons. The largest absolute Gasteiger partial charge is 0.500 e. The van der Waals surface area contributed by atoms with Crippen LogP contribution in [0, 0.1) is 0 Å². The molecule has 0 fully saturated rings. The minimum absolute atomic E-state index is 0.0781. The number of rotatable bonds is 13. The molecule has 156 valence electrons. The van der Waals surface area contributed by atoms with Gasteiger partial charge in [0.1, 0.15) is 6.61 Å². The van der Waals surface area contributed by atoms with E-state index in [0.717, 1.165) is 6.42 Å². The molecule has 27 heavy (non-hydrogen) atoms. The van der Waals surface area contributed by atoms with Crippen LogP contribution in [-0.4, -0.2) is 78.8 Å². The van der Waals surface area contributed by atoms with Crippen molar-refractivity contribution in [1.29, 1.82) is 0 Å². The fourth-order valence-electron chi connectivity index (χ4n) is 2.26. The minimum atomic E-state index is -2.59. The van der Waals surface area contributed by atoms with Crippen molar-refractivity contribution in [1.82, 2.24) is 4.90 Å². The highest BCUT2D eigenvalue weighted by atomic mass is 28.4. The zero-order valence-electron chi connectivity index (χ0n) is 17.4. The first-order valence-electron chi connectivity index (χ1n) is 8.70. The number of likely N-dealkylation sites (N-methyl/N-ethyl adjacent to an activating group) is 1. The highest BCUT2D eigenvalue weighted by Crippen LogP contribution is 2.17. The molecule has 0 aliphatic carbocycles. The van der Waals surface area contributed by atoms with Gasteiger partial charge in [0.25, 0.3) is 0 Å². The molecule has 0 bridgehead atoms. The standard InChI is InChI=1S/C18H33NO7Si/c1-14(10-8-9-11-27(23-5,24-6)25-7)18(22)26-13-16(19(3)4)12-15(2)17(20)21/h10,12,16H,8-9,11,13H2,1-7H3,(H,20,21). The molecule has 0 amide bonds. The van der Waals surface area contributed by atoms with Crippen LogP contribution < -0.4 is 0 Å². The highest BCUT2D eigenvalue weighted by Gasteiger charge is 2.36. The number of unbranched alkanes of at least 4 members (excludes halogenated alkanes) is 1. The van der Waals surface area contributed by atoms with E-state index in [2.05, 4.69) is 0 Å². The monoisotopic (exact) mass is 403 g/mol. The molecule has 0 aromatic rings. The van der Waals surface area contributed by atoms with Crippen LogP contribution in [0.15, 0.2) is 23.3 Å². The molecule has 1 atom stereocenters. The van der Waals surface area contributed by atoms with Gasteiger partial charge in [0.15, 0.2) is 0 Å². The van der Waals surface area contributed by atoms with Gasteiger partial charge < -0.3 is 23.1 Å². The maximum absolute atomic E-state index is 12.1. The van der Waals surface area contributed by atoms with Crippen molar-refractivity contribution in [2.75, 3.05) is 42.0 Å². The first-order valence-corrected chi connectivity index (χ1v) is 10.6. The quantitative estimate of drug-likeness (QED) is 0.216. The summed E-state index contributed by atoms with van der Waals surface area (Å²) < 4.78 is 21.4. The number of carbonyl (C=O) groups excluding carboxylic acids is 1. The molecular weight excluding hydrogens is 370 g/mol. The lowest BCUT2D eigenvalue weighted by atomic mass is 10.2. The minimum Gasteiger partial charge on any atom is -0.478 e. The molecule has 0 aromatic carbocycles. The molecule has 9 heteroatoms. The lowest BCUT2D eigenvalue weighted by Crippen LogP contribution is -2.42. The summed E-state index contributed by atoms with van der Waals surface area (Å²) in [5, 5.41) is 8.98. The zero-order valence-corrected chi connectivity index (χ0v) is 18.4. The highest BCUT2D eigenvalue weighted by molar-refractivity contribution is 6.60. The number of nitrogens with zero attached hydrogens (tertiary/aromatic N) is 1. The summed E-state index contributed by atoms with van der Waals surface area (Å²) in [5.41, 5.74) is 0.713. The predicted molar refractivity (Wildman–Crippen MR) is 104 cm³/mol. The summed E-state index contributed by atoms with van der Waals surface area (Å²) in [6.07, 6.45) is 4.80. The van der Waals surface area contributed by atoms with E-state index in [1.807, 2.05) is 6.08 Å². The van der Waals surface area contributed by atoms with Crippen molar-refractivity contribution in [2.24, 2.45) is 0 Å². The zero-order chi connectivity index (χ0) is 21.0. The maximum atomic E-state index is 12.1. The van der Waals surface area contributed by atoms with Crippen LogP contribution in [0.25, 0.3) is 0 Å². The summed E-state index contributed by atoms with van der Waals surface area (Å²) in [7, 11) is 5.71. The molecule has 0 saturated carbocycles. The molecule has 0 heterocycles. The summed E-state index contributed by atoms with van der Waals surface area (Å²) in [4.78, 5) is 24.9. The number of aliphatic carboxylic acids is 1. The smallest absolute Gasteiger partial charge is 0.478 e. The first-order chi connectivity index (χ1) is 12.6. The van der Waals surface area contributed by atoms with Crippen molar-refractivity contribution in [3.05, 3.63) is 23.3 Å². The molecule has 1 unspecified atom stereocenters. The lowest BCUT2D eigenvalue weighted by Gasteiger charge is -2.24. The van der Waals surface area contributed by atoms with Crippen molar-refractivity contribution in [3.63, 3.8) is 0 Å². The molecule has 0 rings (SSSR count). The van der Waals surface area contributed by atoms with Gasteiger partial charge in [-0.2, -0.15) is 0 Å². The molecule has 1 N–H and O–H groups in total. The van der Waals surface area contributed by atoms with E-state index >= 15 is 0 Å². The Morgan fingerprint density at radius 1 is 1.07 bits per heavy atom. The van der Waals surface area contributed by atoms with Crippen molar-refractivity contribution < 1.29 is 32.7 Å². The number of esters is 1. The van der Waals surface area contributed by atoms with Crippen LogP contribution in [0.5, 0.6) is 0 Å². The van der Waals surface area contributed by atoms with E-state index < -0.39 is 20.7 Å². The van der Waals surface area contributed by atoms with E-state index in [1.54, 1.807) is 53.3 Å². The molecular formula is C18H33NO7Si. The third-order valence-corrected chi connectivity index (χ3v) is 7.05. The fraction of sp³-hybridized carbons (Fsp3) is 0.667. The number of allylic oxidation sites excluding steroid dienone is 1. The average Bonchev–Trinajstić information content (AvgIpc) is 2.64. The van der Waals surface area contributed by atoms with Gasteiger partial charge in [-0.25, -0.2) is 9.59 Å². The number of carbonyl (C=O) groups is 2. The maximum Gasteiger partial charge on any atom is 0.500 e. The van der Waals surface area contributed by atoms with Gasteiger partial charge in [-0.1, -0.05) is 12.2 Å². The van der Waals surface area contributed by atoms with Crippen molar-refractivity contribution >= 4 is 20.7 Å². The number of carboxylic acid groups (broad SMARTS) is 1. The second-order valence-electron chi connectivity index (χ2n) is 6.36. The van der Waals surface area contributed by atoms with Crippen LogP contribution >= 0.6 is 0 Å². The van der Waals surface area contributed by atoms with Gasteiger partial charge in [-0.05, 0) is 40.8 Å². The van der Waals surface area contributed by atoms with E-state index in [4.69, 9.17) is 23.1 Å². The fourth-order valence-corrected chi connectivity index (χ4v) is 4.01. The number of hydrogen-bond donors (Lipinski definition) is 1. The summed E-state index contributed by atoms with van der Waals surface area (Å²) >= 11 is 0. The second kappa shape index (κ2) is 12.8. The van der Waals surface area contributed by atoms with E-state index in [0.29, 0.717) is 18.0 Å². The van der Waals surface area contributed by atoms with Crippen LogP contribution in [0.1, 0.15) is 26.7 Å². The van der Waals surface area contributed by atoms with Crippen LogP contribution in [0.4, 0.5) is 0 Å². The molecule has 0 aliphatic rings.